The number of carboxylic acid groups (broad SMARTS) is 2. The first kappa shape index (κ1) is 31.0. The van der Waals surface area contributed by atoms with Crippen molar-refractivity contribution >= 4 is 6.16 Å². The first-order valence-corrected chi connectivity index (χ1v) is 1.34. The summed E-state index contributed by atoms with van der Waals surface area (Å²) in [5, 5.41) is 24.0. The molecule has 0 aliphatic rings. The fraction of sp³-hybridized carbons (Fsp3) is 0.333. The summed E-state index contributed by atoms with van der Waals surface area (Å²) in [6, 6.07) is 1.75. The number of nitrogens with zero attached hydrogens (tertiary/aromatic N) is 1. The van der Waals surface area contributed by atoms with Crippen LogP contribution < -0.4 is 69.3 Å². The number of rotatable bonds is 0. The van der Waals surface area contributed by atoms with Gasteiger partial charge in [0.2, 0.25) is 0 Å². The van der Waals surface area contributed by atoms with Crippen molar-refractivity contribution in [1.82, 2.24) is 0 Å². The second-order valence-electron chi connectivity index (χ2n) is 0.474. The van der Waals surface area contributed by atoms with E-state index in [0.717, 1.165) is 0 Å². The van der Waals surface area contributed by atoms with E-state index in [1.165, 1.54) is 6.92 Å². The summed E-state index contributed by atoms with van der Waals surface area (Å²) in [5.41, 5.74) is 0. The Kier molecular flexibility index (Phi) is 103. The van der Waals surface area contributed by atoms with E-state index in [1.807, 2.05) is 0 Å². The molecule has 0 bridgehead atoms. The van der Waals surface area contributed by atoms with Crippen molar-refractivity contribution in [3.05, 3.63) is 0 Å². The van der Waals surface area contributed by atoms with Crippen LogP contribution in [0.4, 0.5) is 4.79 Å². The minimum atomic E-state index is -2.33. The van der Waals surface area contributed by atoms with Crippen molar-refractivity contribution < 1.29 is 79.6 Å². The van der Waals surface area contributed by atoms with E-state index >= 15 is 0 Å². The van der Waals surface area contributed by atoms with Crippen LogP contribution in [-0.4, -0.2) is 11.6 Å². The zero-order valence-electron chi connectivity index (χ0n) is 6.17. The van der Waals surface area contributed by atoms with Crippen LogP contribution >= 0.6 is 0 Å². The van der Waals surface area contributed by atoms with Gasteiger partial charge in [-0.25, -0.2) is 0 Å². The molecule has 0 aromatic heterocycles. The molecule has 0 rings (SSSR count). The molecule has 0 radical (unpaired) electrons. The zero-order chi connectivity index (χ0) is 6.28. The van der Waals surface area contributed by atoms with E-state index in [4.69, 9.17) is 20.3 Å². The Morgan fingerprint density at radius 3 is 1.40 bits per heavy atom. The Morgan fingerprint density at radius 1 is 1.40 bits per heavy atom. The van der Waals surface area contributed by atoms with Crippen LogP contribution in [0.5, 0.6) is 0 Å². The molecule has 0 fully saturated rings. The van der Waals surface area contributed by atoms with Gasteiger partial charge in [-0.1, -0.05) is 0 Å². The van der Waals surface area contributed by atoms with Crippen LogP contribution in [0.25, 0.3) is 0 Å². The molecule has 0 aromatic rings. The van der Waals surface area contributed by atoms with Crippen molar-refractivity contribution in [3.8, 4) is 6.07 Å². The summed E-state index contributed by atoms with van der Waals surface area (Å²) < 4.78 is 0. The number of nitriles is 1. The van der Waals surface area contributed by atoms with E-state index in [1.54, 1.807) is 6.07 Å². The maximum absolute atomic E-state index is 8.33. The number of carbonyl (C=O) groups is 1. The standard InChI is InChI=1S/C2H3N.CH2O3.2Na.H2O/c1-2-3;2-1(3)4;;;/h1H3;(H2,2,3,4);;;1H2/q;;2*+1;/p-2. The molecule has 0 saturated carbocycles. The number of carbonyl (C=O) groups excluding carboxylic acids is 1. The predicted molar refractivity (Wildman–Crippen MR) is 20.3 cm³/mol. The Hall–Kier alpha value is 0.720. The third-order valence-corrected chi connectivity index (χ3v) is 0. The Bertz CT molecular complexity index is 87.0. The molecule has 2 N–H and O–H groups in total. The van der Waals surface area contributed by atoms with Gasteiger partial charge in [0, 0.05) is 6.92 Å². The van der Waals surface area contributed by atoms with Crippen LogP contribution in [0.1, 0.15) is 6.92 Å². The van der Waals surface area contributed by atoms with Crippen LogP contribution in [0.2, 0.25) is 0 Å². The zero-order valence-corrected chi connectivity index (χ0v) is 10.2. The van der Waals surface area contributed by atoms with Gasteiger partial charge in [-0.15, -0.1) is 0 Å². The first-order chi connectivity index (χ1) is 3.15. The van der Waals surface area contributed by atoms with Crippen LogP contribution in [0.3, 0.4) is 0 Å². The maximum atomic E-state index is 8.33. The molecule has 0 unspecified atom stereocenters. The van der Waals surface area contributed by atoms with Gasteiger partial charge in [0.1, 0.15) is 0 Å². The fourth-order valence-corrected chi connectivity index (χ4v) is 0. The minimum Gasteiger partial charge on any atom is -0.652 e. The molecule has 0 spiro atoms. The van der Waals surface area contributed by atoms with Gasteiger partial charge in [0.05, 0.1) is 6.07 Å². The molecule has 0 aliphatic heterocycles. The average molecular weight is 165 g/mol. The molecular formula is C3H5NNa2O4. The topological polar surface area (TPSA) is 118 Å². The van der Waals surface area contributed by atoms with Crippen molar-refractivity contribution in [1.29, 1.82) is 5.26 Å². The van der Waals surface area contributed by atoms with Gasteiger partial charge in [-0.3, -0.25) is 0 Å². The molecule has 0 heterocycles. The van der Waals surface area contributed by atoms with E-state index in [2.05, 4.69) is 0 Å². The van der Waals surface area contributed by atoms with Crippen molar-refractivity contribution in [2.75, 3.05) is 0 Å². The van der Waals surface area contributed by atoms with Gasteiger partial charge in [0.15, 0.2) is 0 Å². The molecule has 10 heavy (non-hydrogen) atoms. The van der Waals surface area contributed by atoms with E-state index in [0.29, 0.717) is 0 Å². The SMILES string of the molecule is CC#N.O.O=C([O-])[O-].[Na+].[Na+]. The summed E-state index contributed by atoms with van der Waals surface area (Å²) in [6.45, 7) is 1.43. The maximum Gasteiger partial charge on any atom is 1.00 e. The molecule has 7 heteroatoms. The average Bonchev–Trinajstić information content (AvgIpc) is 1.33. The van der Waals surface area contributed by atoms with E-state index < -0.39 is 6.16 Å². The van der Waals surface area contributed by atoms with Crippen LogP contribution in [0.15, 0.2) is 0 Å². The summed E-state index contributed by atoms with van der Waals surface area (Å²) in [7, 11) is 0. The van der Waals surface area contributed by atoms with Gasteiger partial charge < -0.3 is 20.5 Å². The summed E-state index contributed by atoms with van der Waals surface area (Å²) >= 11 is 0. The van der Waals surface area contributed by atoms with Crippen molar-refractivity contribution in [3.63, 3.8) is 0 Å². The molecule has 5 nitrogen and oxygen atoms in total. The smallest absolute Gasteiger partial charge is 0.652 e. The summed E-state index contributed by atoms with van der Waals surface area (Å²) in [6.07, 6.45) is -2.33. The predicted octanol–water partition coefficient (Wildman–Crippen LogP) is -8.73. The fourth-order valence-electron chi connectivity index (χ4n) is 0. The summed E-state index contributed by atoms with van der Waals surface area (Å²) in [4.78, 5) is 8.33. The third kappa shape index (κ3) is 1000. The van der Waals surface area contributed by atoms with Crippen molar-refractivity contribution in [2.45, 2.75) is 6.92 Å². The summed E-state index contributed by atoms with van der Waals surface area (Å²) in [5.74, 6) is 0. The van der Waals surface area contributed by atoms with Gasteiger partial charge in [-0.2, -0.15) is 5.26 Å². The molecule has 48 valence electrons. The normalized spacial score (nSPS) is 3.20. The molecule has 0 saturated heterocycles. The van der Waals surface area contributed by atoms with Gasteiger partial charge >= 0.3 is 59.1 Å². The molecular weight excluding hydrogens is 160 g/mol. The molecule has 0 aliphatic carbocycles. The Balaban J connectivity index is -0.0000000131. The first-order valence-electron chi connectivity index (χ1n) is 1.34. The van der Waals surface area contributed by atoms with Crippen LogP contribution in [0, 0.1) is 11.3 Å². The molecule has 0 amide bonds. The quantitative estimate of drug-likeness (QED) is 0.331. The number of hydrogen-bond donors (Lipinski definition) is 0. The second kappa shape index (κ2) is 33.2. The van der Waals surface area contributed by atoms with Gasteiger partial charge in [-0.05, 0) is 6.16 Å². The Morgan fingerprint density at radius 2 is 1.40 bits per heavy atom. The van der Waals surface area contributed by atoms with Gasteiger partial charge in [0.25, 0.3) is 0 Å². The Labute approximate surface area is 103 Å². The molecule has 0 atom stereocenters. The van der Waals surface area contributed by atoms with Crippen LogP contribution in [-0.2, 0) is 0 Å². The minimum absolute atomic E-state index is 0. The third-order valence-electron chi connectivity index (χ3n) is 0. The van der Waals surface area contributed by atoms with E-state index in [-0.39, 0.29) is 64.6 Å². The number of hydrogen-bond acceptors (Lipinski definition) is 4. The molecule has 0 aromatic carbocycles. The monoisotopic (exact) mass is 165 g/mol. The van der Waals surface area contributed by atoms with Crippen molar-refractivity contribution in [2.24, 2.45) is 0 Å². The largest absolute Gasteiger partial charge is 1.00 e. The van der Waals surface area contributed by atoms with E-state index in [9.17, 15) is 0 Å². The second-order valence-corrected chi connectivity index (χ2v) is 0.474.